The van der Waals surface area contributed by atoms with E-state index in [0.717, 1.165) is 11.1 Å². The van der Waals surface area contributed by atoms with Gasteiger partial charge in [0.05, 0.1) is 45.2 Å². The number of pyridine rings is 1. The lowest BCUT2D eigenvalue weighted by Gasteiger charge is -2.28. The summed E-state index contributed by atoms with van der Waals surface area (Å²) in [6, 6.07) is 5.71. The molecule has 8 nitrogen and oxygen atoms in total. The van der Waals surface area contributed by atoms with Gasteiger partial charge in [-0.3, -0.25) is 4.79 Å². The molecule has 1 aromatic heterocycles. The molecule has 2 aliphatic rings. The molecule has 0 spiro atoms. The number of benzene rings is 1. The molecule has 0 aliphatic carbocycles. The third kappa shape index (κ3) is 4.83. The normalized spacial score (nSPS) is 22.0. The Labute approximate surface area is 183 Å². The average Bonchev–Trinajstić information content (AvgIpc) is 2.76. The predicted molar refractivity (Wildman–Crippen MR) is 112 cm³/mol. The zero-order valence-corrected chi connectivity index (χ0v) is 17.6. The molecule has 1 fully saturated rings. The van der Waals surface area contributed by atoms with Gasteiger partial charge in [-0.05, 0) is 28.8 Å². The number of halogens is 1. The number of hydrogen-bond acceptors (Lipinski definition) is 6. The molecule has 2 unspecified atom stereocenters. The molecule has 3 atom stereocenters. The van der Waals surface area contributed by atoms with E-state index < -0.39 is 29.8 Å². The van der Waals surface area contributed by atoms with Crippen molar-refractivity contribution in [3.05, 3.63) is 57.0 Å². The number of aliphatic carboxylic acids is 1. The first-order valence-corrected chi connectivity index (χ1v) is 10.5. The van der Waals surface area contributed by atoms with E-state index >= 15 is 0 Å². The van der Waals surface area contributed by atoms with Crippen LogP contribution in [0.1, 0.15) is 23.6 Å². The molecule has 0 bridgehead atoms. The van der Waals surface area contributed by atoms with Crippen molar-refractivity contribution >= 4 is 17.6 Å². The first kappa shape index (κ1) is 22.0. The van der Waals surface area contributed by atoms with Gasteiger partial charge in [-0.25, -0.2) is 4.79 Å². The van der Waals surface area contributed by atoms with Crippen LogP contribution in [0.4, 0.5) is 0 Å². The molecule has 2 N–H and O–H groups in total. The largest absolute Gasteiger partial charge is 0.480 e. The molecule has 166 valence electrons. The summed E-state index contributed by atoms with van der Waals surface area (Å²) in [7, 11) is 0. The number of fused-ring (bicyclic) bond motifs is 3. The summed E-state index contributed by atoms with van der Waals surface area (Å²) >= 11 is 6.21. The van der Waals surface area contributed by atoms with Crippen molar-refractivity contribution in [1.29, 1.82) is 0 Å². The van der Waals surface area contributed by atoms with Crippen LogP contribution in [0.5, 0.6) is 0 Å². The van der Waals surface area contributed by atoms with Gasteiger partial charge in [0.15, 0.2) is 0 Å². The molecule has 0 radical (unpaired) electrons. The van der Waals surface area contributed by atoms with Gasteiger partial charge >= 0.3 is 5.97 Å². The van der Waals surface area contributed by atoms with Gasteiger partial charge in [-0.15, -0.1) is 0 Å². The van der Waals surface area contributed by atoms with Crippen molar-refractivity contribution in [3.63, 3.8) is 0 Å². The predicted octanol–water partition coefficient (Wildman–Crippen LogP) is 2.03. The maximum absolute atomic E-state index is 13.0. The van der Waals surface area contributed by atoms with Crippen LogP contribution in [0.2, 0.25) is 5.02 Å². The monoisotopic (exact) mass is 449 g/mol. The van der Waals surface area contributed by atoms with Crippen LogP contribution in [0.15, 0.2) is 35.3 Å². The highest BCUT2D eigenvalue weighted by atomic mass is 35.5. The van der Waals surface area contributed by atoms with Crippen molar-refractivity contribution < 1.29 is 29.2 Å². The van der Waals surface area contributed by atoms with Gasteiger partial charge in [-0.2, -0.15) is 0 Å². The number of ether oxygens (including phenoxy) is 3. The molecule has 1 saturated heterocycles. The van der Waals surface area contributed by atoms with Gasteiger partial charge in [0.25, 0.3) is 5.56 Å². The summed E-state index contributed by atoms with van der Waals surface area (Å²) in [4.78, 5) is 25.0. The van der Waals surface area contributed by atoms with Crippen molar-refractivity contribution in [2.45, 2.75) is 37.7 Å². The smallest absolute Gasteiger partial charge is 0.326 e. The number of aliphatic hydroxyl groups is 1. The van der Waals surface area contributed by atoms with E-state index in [1.165, 1.54) is 16.8 Å². The van der Waals surface area contributed by atoms with Crippen LogP contribution < -0.4 is 5.56 Å². The fourth-order valence-electron chi connectivity index (χ4n) is 4.06. The molecule has 1 aromatic carbocycles. The zero-order valence-electron chi connectivity index (χ0n) is 16.8. The minimum absolute atomic E-state index is 0.108. The minimum Gasteiger partial charge on any atom is -0.480 e. The molecule has 2 aliphatic heterocycles. The summed E-state index contributed by atoms with van der Waals surface area (Å²) in [5.41, 5.74) is 2.53. The Balaban J connectivity index is 1.77. The van der Waals surface area contributed by atoms with E-state index in [4.69, 9.17) is 25.8 Å². The van der Waals surface area contributed by atoms with E-state index in [2.05, 4.69) is 0 Å². The zero-order chi connectivity index (χ0) is 22.0. The molecule has 3 heterocycles. The lowest BCUT2D eigenvalue weighted by Crippen LogP contribution is -2.37. The van der Waals surface area contributed by atoms with Crippen molar-refractivity contribution in [2.75, 3.05) is 26.4 Å². The molecule has 9 heteroatoms. The van der Waals surface area contributed by atoms with Crippen LogP contribution in [0.3, 0.4) is 0 Å². The van der Waals surface area contributed by atoms with Crippen LogP contribution >= 0.6 is 11.6 Å². The summed E-state index contributed by atoms with van der Waals surface area (Å²) in [6.07, 6.45) is 1.29. The quantitative estimate of drug-likeness (QED) is 0.719. The Hall–Kier alpha value is -2.23. The van der Waals surface area contributed by atoms with E-state index in [1.54, 1.807) is 12.1 Å². The second kappa shape index (κ2) is 9.50. The standard InChI is InChI=1S/C22H24ClNO7/c23-15-2-1-13-5-16(10-25)31-11-14-9-24(21(26)8-19(14)18(13)6-15)20(22(27)28)7-17-12-29-3-4-30-17/h1-2,6,8-9,16-17,20,25H,3-5,7,10-12H2,(H,27,28)/t16?,17-,20?/m1/s1. The fraction of sp³-hybridized carbons (Fsp3) is 0.455. The molecule has 4 rings (SSSR count). The van der Waals surface area contributed by atoms with E-state index in [9.17, 15) is 19.8 Å². The third-order valence-electron chi connectivity index (χ3n) is 5.64. The number of carboxylic acids is 1. The van der Waals surface area contributed by atoms with Crippen molar-refractivity contribution in [3.8, 4) is 11.1 Å². The molecular formula is C22H24ClNO7. The van der Waals surface area contributed by atoms with Crippen molar-refractivity contribution in [2.24, 2.45) is 0 Å². The molecular weight excluding hydrogens is 426 g/mol. The molecule has 0 saturated carbocycles. The first-order valence-electron chi connectivity index (χ1n) is 10.1. The average molecular weight is 450 g/mol. The van der Waals surface area contributed by atoms with Gasteiger partial charge < -0.3 is 29.0 Å². The van der Waals surface area contributed by atoms with Gasteiger partial charge in [0, 0.05) is 35.7 Å². The second-order valence-corrected chi connectivity index (χ2v) is 8.17. The lowest BCUT2D eigenvalue weighted by atomic mass is 9.92. The topological polar surface area (TPSA) is 107 Å². The number of carboxylic acid groups (broad SMARTS) is 1. The fourth-order valence-corrected chi connectivity index (χ4v) is 4.23. The number of aliphatic hydroxyl groups excluding tert-OH is 1. The molecule has 31 heavy (non-hydrogen) atoms. The summed E-state index contributed by atoms with van der Waals surface area (Å²) in [5.74, 6) is -1.13. The van der Waals surface area contributed by atoms with Crippen LogP contribution in [-0.2, 0) is 32.0 Å². The maximum Gasteiger partial charge on any atom is 0.326 e. The summed E-state index contributed by atoms with van der Waals surface area (Å²) in [6.45, 7) is 1.12. The highest BCUT2D eigenvalue weighted by Gasteiger charge is 2.29. The Bertz CT molecular complexity index is 1020. The SMILES string of the molecule is O=C(O)C(C[C@@H]1COCCO1)n1cc2c(cc1=O)-c1cc(Cl)ccc1CC(CO)OC2. The Kier molecular flexibility index (Phi) is 6.74. The summed E-state index contributed by atoms with van der Waals surface area (Å²) in [5, 5.41) is 20.0. The minimum atomic E-state index is -1.13. The number of hydrogen-bond donors (Lipinski definition) is 2. The Morgan fingerprint density at radius 1 is 1.16 bits per heavy atom. The Morgan fingerprint density at radius 3 is 2.68 bits per heavy atom. The third-order valence-corrected chi connectivity index (χ3v) is 5.88. The van der Waals surface area contributed by atoms with Gasteiger partial charge in [-0.1, -0.05) is 17.7 Å². The first-order chi connectivity index (χ1) is 15.0. The van der Waals surface area contributed by atoms with Gasteiger partial charge in [0.1, 0.15) is 6.04 Å². The van der Waals surface area contributed by atoms with Gasteiger partial charge in [0.2, 0.25) is 0 Å². The number of nitrogens with zero attached hydrogens (tertiary/aromatic N) is 1. The highest BCUT2D eigenvalue weighted by molar-refractivity contribution is 6.30. The van der Waals surface area contributed by atoms with Crippen LogP contribution in [0.25, 0.3) is 11.1 Å². The Morgan fingerprint density at radius 2 is 1.97 bits per heavy atom. The van der Waals surface area contributed by atoms with Crippen LogP contribution in [-0.4, -0.2) is 59.4 Å². The second-order valence-electron chi connectivity index (χ2n) is 7.74. The lowest BCUT2D eigenvalue weighted by molar-refractivity contribution is -0.145. The number of aromatic nitrogens is 1. The number of carbonyl (C=O) groups is 1. The van der Waals surface area contributed by atoms with E-state index in [1.807, 2.05) is 6.07 Å². The highest BCUT2D eigenvalue weighted by Crippen LogP contribution is 2.33. The summed E-state index contributed by atoms with van der Waals surface area (Å²) < 4.78 is 18.0. The van der Waals surface area contributed by atoms with E-state index in [0.29, 0.717) is 35.8 Å². The van der Waals surface area contributed by atoms with Crippen molar-refractivity contribution in [1.82, 2.24) is 4.57 Å². The molecule has 0 amide bonds. The van der Waals surface area contributed by atoms with E-state index in [-0.39, 0.29) is 26.2 Å². The number of rotatable bonds is 5. The van der Waals surface area contributed by atoms with Crippen LogP contribution in [0, 0.1) is 0 Å². The molecule has 2 aromatic rings. The maximum atomic E-state index is 13.0.